The Morgan fingerprint density at radius 3 is 2.83 bits per heavy atom. The second-order valence-electron chi connectivity index (χ2n) is 4.55. The van der Waals surface area contributed by atoms with Gasteiger partial charge in [0.25, 0.3) is 0 Å². The molecule has 0 aromatic heterocycles. The molecule has 1 aromatic carbocycles. The first-order valence-electron chi connectivity index (χ1n) is 5.66. The van der Waals surface area contributed by atoms with Crippen LogP contribution >= 0.6 is 11.8 Å². The minimum atomic E-state index is -1.19. The van der Waals surface area contributed by atoms with E-state index in [9.17, 15) is 9.90 Å². The van der Waals surface area contributed by atoms with Gasteiger partial charge in [0.1, 0.15) is 5.54 Å². The molecule has 0 spiro atoms. The van der Waals surface area contributed by atoms with Crippen LogP contribution in [0.25, 0.3) is 0 Å². The Bertz CT molecular complexity index is 519. The van der Waals surface area contributed by atoms with Crippen molar-refractivity contribution in [3.05, 3.63) is 17.7 Å². The number of ether oxygens (including phenoxy) is 2. The maximum atomic E-state index is 11.3. The number of thioether (sulfide) groups is 1. The summed E-state index contributed by atoms with van der Waals surface area (Å²) in [6.07, 6.45) is 0.773. The molecule has 0 aliphatic carbocycles. The van der Waals surface area contributed by atoms with Gasteiger partial charge in [0.2, 0.25) is 6.79 Å². The third-order valence-corrected chi connectivity index (χ3v) is 4.39. The maximum Gasteiger partial charge on any atom is 0.324 e. The van der Waals surface area contributed by atoms with Crippen LogP contribution in [-0.2, 0) is 11.2 Å². The van der Waals surface area contributed by atoms with Gasteiger partial charge in [-0.15, -0.1) is 11.8 Å². The van der Waals surface area contributed by atoms with E-state index in [0.717, 1.165) is 16.2 Å². The molecule has 0 amide bonds. The number of hydrogen-bond donors (Lipinski definition) is 2. The zero-order valence-electron chi connectivity index (χ0n) is 9.64. The molecule has 0 fully saturated rings. The summed E-state index contributed by atoms with van der Waals surface area (Å²) in [5, 5.41) is 9.25. The Balaban J connectivity index is 2.02. The molecule has 2 heterocycles. The Morgan fingerprint density at radius 2 is 2.11 bits per heavy atom. The van der Waals surface area contributed by atoms with Crippen LogP contribution in [0.1, 0.15) is 12.0 Å². The number of carbonyl (C=O) groups is 1. The smallest absolute Gasteiger partial charge is 0.324 e. The molecule has 0 saturated heterocycles. The summed E-state index contributed by atoms with van der Waals surface area (Å²) in [5.41, 5.74) is 5.71. The van der Waals surface area contributed by atoms with E-state index in [1.165, 1.54) is 0 Å². The molecule has 6 heteroatoms. The van der Waals surface area contributed by atoms with Gasteiger partial charge < -0.3 is 20.3 Å². The van der Waals surface area contributed by atoms with E-state index in [1.54, 1.807) is 11.8 Å². The van der Waals surface area contributed by atoms with Crippen molar-refractivity contribution in [3.63, 3.8) is 0 Å². The van der Waals surface area contributed by atoms with Crippen molar-refractivity contribution < 1.29 is 19.4 Å². The fourth-order valence-corrected chi connectivity index (χ4v) is 3.38. The van der Waals surface area contributed by atoms with E-state index in [0.29, 0.717) is 24.3 Å². The molecule has 18 heavy (non-hydrogen) atoms. The SMILES string of the molecule is NC1(C(=O)O)CCSc2cc3c(cc2C1)OCO3. The number of nitrogens with two attached hydrogens (primary N) is 1. The minimum Gasteiger partial charge on any atom is -0.480 e. The first-order chi connectivity index (χ1) is 8.58. The Kier molecular flexibility index (Phi) is 2.64. The molecule has 1 aromatic rings. The van der Waals surface area contributed by atoms with Crippen LogP contribution in [0, 0.1) is 0 Å². The predicted octanol–water partition coefficient (Wildman–Crippen LogP) is 1.24. The van der Waals surface area contributed by atoms with Crippen molar-refractivity contribution in [1.82, 2.24) is 0 Å². The Morgan fingerprint density at radius 1 is 1.39 bits per heavy atom. The Labute approximate surface area is 108 Å². The van der Waals surface area contributed by atoms with Gasteiger partial charge in [-0.1, -0.05) is 0 Å². The van der Waals surface area contributed by atoms with Crippen LogP contribution in [-0.4, -0.2) is 29.2 Å². The lowest BCUT2D eigenvalue weighted by Gasteiger charge is -2.22. The zero-order chi connectivity index (χ0) is 12.8. The van der Waals surface area contributed by atoms with Crippen LogP contribution in [0.4, 0.5) is 0 Å². The molecule has 3 rings (SSSR count). The molecule has 0 radical (unpaired) electrons. The number of carboxylic acid groups (broad SMARTS) is 1. The highest BCUT2D eigenvalue weighted by Crippen LogP contribution is 2.41. The molecule has 5 nitrogen and oxygen atoms in total. The summed E-state index contributed by atoms with van der Waals surface area (Å²) in [4.78, 5) is 12.3. The topological polar surface area (TPSA) is 81.8 Å². The number of benzene rings is 1. The first-order valence-corrected chi connectivity index (χ1v) is 6.65. The second-order valence-corrected chi connectivity index (χ2v) is 5.69. The molecular weight excluding hydrogens is 254 g/mol. The van der Waals surface area contributed by atoms with Gasteiger partial charge in [-0.3, -0.25) is 4.79 Å². The lowest BCUT2D eigenvalue weighted by atomic mass is 9.89. The number of fused-ring (bicyclic) bond motifs is 2. The van der Waals surface area contributed by atoms with Crippen molar-refractivity contribution in [1.29, 1.82) is 0 Å². The zero-order valence-corrected chi connectivity index (χ0v) is 10.5. The van der Waals surface area contributed by atoms with Crippen molar-refractivity contribution in [2.75, 3.05) is 12.5 Å². The summed E-state index contributed by atoms with van der Waals surface area (Å²) in [5.74, 6) is 1.13. The molecule has 0 saturated carbocycles. The fourth-order valence-electron chi connectivity index (χ4n) is 2.19. The van der Waals surface area contributed by atoms with Gasteiger partial charge in [0, 0.05) is 17.1 Å². The largest absolute Gasteiger partial charge is 0.480 e. The van der Waals surface area contributed by atoms with Crippen molar-refractivity contribution >= 4 is 17.7 Å². The number of carboxylic acids is 1. The number of rotatable bonds is 1. The van der Waals surface area contributed by atoms with E-state index in [2.05, 4.69) is 0 Å². The van der Waals surface area contributed by atoms with E-state index in [-0.39, 0.29) is 6.79 Å². The van der Waals surface area contributed by atoms with Crippen molar-refractivity contribution in [3.8, 4) is 11.5 Å². The highest BCUT2D eigenvalue weighted by Gasteiger charge is 2.37. The predicted molar refractivity (Wildman–Crippen MR) is 66.2 cm³/mol. The minimum absolute atomic E-state index is 0.218. The normalized spacial score (nSPS) is 25.4. The molecule has 3 N–H and O–H groups in total. The van der Waals surface area contributed by atoms with Gasteiger partial charge in [-0.2, -0.15) is 0 Å². The third kappa shape index (κ3) is 1.81. The average Bonchev–Trinajstić information content (AvgIpc) is 2.68. The van der Waals surface area contributed by atoms with Gasteiger partial charge in [0.05, 0.1) is 0 Å². The number of aliphatic carboxylic acids is 1. The molecule has 1 unspecified atom stereocenters. The van der Waals surface area contributed by atoms with Crippen molar-refractivity contribution in [2.24, 2.45) is 5.73 Å². The molecular formula is C12H13NO4S. The lowest BCUT2D eigenvalue weighted by Crippen LogP contribution is -2.49. The maximum absolute atomic E-state index is 11.3. The van der Waals surface area contributed by atoms with E-state index in [1.807, 2.05) is 12.1 Å². The van der Waals surface area contributed by atoms with Gasteiger partial charge in [0.15, 0.2) is 11.5 Å². The summed E-state index contributed by atoms with van der Waals surface area (Å²) in [7, 11) is 0. The monoisotopic (exact) mass is 267 g/mol. The molecule has 2 aliphatic heterocycles. The van der Waals surface area contributed by atoms with Crippen molar-refractivity contribution in [2.45, 2.75) is 23.3 Å². The molecule has 96 valence electrons. The molecule has 0 bridgehead atoms. The van der Waals surface area contributed by atoms with Crippen LogP contribution in [0.5, 0.6) is 11.5 Å². The van der Waals surface area contributed by atoms with E-state index >= 15 is 0 Å². The highest BCUT2D eigenvalue weighted by molar-refractivity contribution is 7.99. The van der Waals surface area contributed by atoms with Crippen LogP contribution in [0.3, 0.4) is 0 Å². The highest BCUT2D eigenvalue weighted by atomic mass is 32.2. The van der Waals surface area contributed by atoms with E-state index in [4.69, 9.17) is 15.2 Å². The van der Waals surface area contributed by atoms with Gasteiger partial charge in [-0.05, 0) is 24.1 Å². The second kappa shape index (κ2) is 4.07. The summed E-state index contributed by atoms with van der Waals surface area (Å²) in [6, 6.07) is 3.76. The number of hydrogen-bond acceptors (Lipinski definition) is 5. The average molecular weight is 267 g/mol. The lowest BCUT2D eigenvalue weighted by molar-refractivity contribution is -0.143. The fraction of sp³-hybridized carbons (Fsp3) is 0.417. The van der Waals surface area contributed by atoms with E-state index < -0.39 is 11.5 Å². The summed E-state index contributed by atoms with van der Waals surface area (Å²) >= 11 is 1.62. The van der Waals surface area contributed by atoms with Crippen LogP contribution in [0.15, 0.2) is 17.0 Å². The van der Waals surface area contributed by atoms with Crippen LogP contribution < -0.4 is 15.2 Å². The molecule has 1 atom stereocenters. The summed E-state index contributed by atoms with van der Waals surface area (Å²) < 4.78 is 10.6. The van der Waals surface area contributed by atoms with Gasteiger partial charge >= 0.3 is 5.97 Å². The third-order valence-electron chi connectivity index (χ3n) is 3.29. The summed E-state index contributed by atoms with van der Waals surface area (Å²) in [6.45, 7) is 0.218. The quantitative estimate of drug-likeness (QED) is 0.796. The Hall–Kier alpha value is -1.40. The standard InChI is InChI=1S/C12H13NO4S/c13-12(11(14)15)1-2-18-10-4-9-8(16-6-17-9)3-7(10)5-12/h3-4H,1-2,5-6,13H2,(H,14,15). The van der Waals surface area contributed by atoms with Gasteiger partial charge in [-0.25, -0.2) is 0 Å². The van der Waals surface area contributed by atoms with Crippen LogP contribution in [0.2, 0.25) is 0 Å². The molecule has 2 aliphatic rings. The first kappa shape index (κ1) is 11.7.